The second-order valence-electron chi connectivity index (χ2n) is 5.44. The maximum Gasteiger partial charge on any atom is 0.238 e. The minimum absolute atomic E-state index is 0.0194. The number of carbonyl (C=O) groups excluding carboxylic acids is 1. The molecule has 2 rings (SSSR count). The Balaban J connectivity index is 1.72. The molecule has 19 heavy (non-hydrogen) atoms. The normalized spacial score (nSPS) is 16.1. The number of carbonyl (C=O) groups is 1. The zero-order chi connectivity index (χ0) is 13.7. The molecule has 1 saturated carbocycles. The average molecular weight is 262 g/mol. The quantitative estimate of drug-likeness (QED) is 0.700. The summed E-state index contributed by atoms with van der Waals surface area (Å²) in [6.07, 6.45) is 3.14. The van der Waals surface area contributed by atoms with Gasteiger partial charge in [-0.25, -0.2) is 0 Å². The fourth-order valence-corrected chi connectivity index (χ4v) is 2.28. The van der Waals surface area contributed by atoms with Crippen LogP contribution in [0.5, 0.6) is 0 Å². The predicted octanol–water partition coefficient (Wildman–Crippen LogP) is 1.69. The minimum Gasteiger partial charge on any atom is -0.396 e. The van der Waals surface area contributed by atoms with Crippen molar-refractivity contribution in [1.29, 1.82) is 0 Å². The van der Waals surface area contributed by atoms with E-state index in [-0.39, 0.29) is 17.9 Å². The fraction of sp³-hybridized carbons (Fsp3) is 0.533. The van der Waals surface area contributed by atoms with Gasteiger partial charge in [0.1, 0.15) is 0 Å². The zero-order valence-corrected chi connectivity index (χ0v) is 11.4. The molecule has 1 aromatic rings. The van der Waals surface area contributed by atoms with Crippen LogP contribution in [0.1, 0.15) is 24.8 Å². The van der Waals surface area contributed by atoms with Crippen LogP contribution in [-0.4, -0.2) is 30.7 Å². The average Bonchev–Trinajstić information content (AvgIpc) is 3.13. The van der Waals surface area contributed by atoms with Crippen molar-refractivity contribution in [2.24, 2.45) is 5.41 Å². The van der Waals surface area contributed by atoms with E-state index in [2.05, 4.69) is 10.6 Å². The summed E-state index contributed by atoms with van der Waals surface area (Å²) in [5, 5.41) is 15.1. The lowest BCUT2D eigenvalue weighted by molar-refractivity contribution is -0.115. The first-order valence-corrected chi connectivity index (χ1v) is 6.82. The first-order chi connectivity index (χ1) is 9.15. The van der Waals surface area contributed by atoms with Crippen molar-refractivity contribution < 1.29 is 9.90 Å². The number of para-hydroxylation sites is 1. The van der Waals surface area contributed by atoms with Gasteiger partial charge in [-0.2, -0.15) is 0 Å². The lowest BCUT2D eigenvalue weighted by atomic mass is 10.0. The summed E-state index contributed by atoms with van der Waals surface area (Å²) in [4.78, 5) is 11.8. The van der Waals surface area contributed by atoms with E-state index in [1.165, 1.54) is 0 Å². The molecule has 1 aliphatic rings. The molecule has 3 N–H and O–H groups in total. The van der Waals surface area contributed by atoms with Gasteiger partial charge in [0.15, 0.2) is 0 Å². The molecule has 0 unspecified atom stereocenters. The maximum absolute atomic E-state index is 11.8. The van der Waals surface area contributed by atoms with Gasteiger partial charge in [0, 0.05) is 18.8 Å². The number of rotatable bonds is 7. The number of hydrogen-bond acceptors (Lipinski definition) is 3. The van der Waals surface area contributed by atoms with Crippen LogP contribution >= 0.6 is 0 Å². The zero-order valence-electron chi connectivity index (χ0n) is 11.4. The van der Waals surface area contributed by atoms with Gasteiger partial charge in [0.25, 0.3) is 0 Å². The fourth-order valence-electron chi connectivity index (χ4n) is 2.28. The number of aliphatic hydroxyl groups is 1. The van der Waals surface area contributed by atoms with E-state index in [9.17, 15) is 4.79 Å². The third kappa shape index (κ3) is 4.04. The van der Waals surface area contributed by atoms with E-state index in [0.717, 1.165) is 37.1 Å². The third-order valence-corrected chi connectivity index (χ3v) is 3.80. The highest BCUT2D eigenvalue weighted by Gasteiger charge is 2.41. The molecule has 1 fully saturated rings. The molecule has 0 saturated heterocycles. The molecule has 0 aromatic heterocycles. The molecule has 1 amide bonds. The van der Waals surface area contributed by atoms with E-state index in [1.807, 2.05) is 31.2 Å². The highest BCUT2D eigenvalue weighted by atomic mass is 16.3. The van der Waals surface area contributed by atoms with Crippen molar-refractivity contribution in [2.75, 3.05) is 25.0 Å². The number of aryl methyl sites for hydroxylation is 1. The van der Waals surface area contributed by atoms with E-state index in [0.29, 0.717) is 6.54 Å². The van der Waals surface area contributed by atoms with Crippen molar-refractivity contribution >= 4 is 11.6 Å². The van der Waals surface area contributed by atoms with Gasteiger partial charge in [-0.1, -0.05) is 18.2 Å². The van der Waals surface area contributed by atoms with E-state index < -0.39 is 0 Å². The van der Waals surface area contributed by atoms with Crippen molar-refractivity contribution in [2.45, 2.75) is 26.2 Å². The summed E-state index contributed by atoms with van der Waals surface area (Å²) < 4.78 is 0. The van der Waals surface area contributed by atoms with Crippen LogP contribution in [0, 0.1) is 12.3 Å². The molecule has 4 nitrogen and oxygen atoms in total. The van der Waals surface area contributed by atoms with Gasteiger partial charge in [-0.3, -0.25) is 4.79 Å². The third-order valence-electron chi connectivity index (χ3n) is 3.80. The van der Waals surface area contributed by atoms with Gasteiger partial charge in [-0.15, -0.1) is 0 Å². The van der Waals surface area contributed by atoms with Crippen molar-refractivity contribution in [1.82, 2.24) is 5.32 Å². The first-order valence-electron chi connectivity index (χ1n) is 6.82. The molecule has 0 atom stereocenters. The molecular weight excluding hydrogens is 240 g/mol. The Bertz CT molecular complexity index is 442. The number of nitrogens with one attached hydrogen (secondary N) is 2. The molecule has 0 bridgehead atoms. The molecule has 1 aromatic carbocycles. The monoisotopic (exact) mass is 262 g/mol. The van der Waals surface area contributed by atoms with Gasteiger partial charge in [0.05, 0.1) is 6.54 Å². The molecular formula is C15H22N2O2. The number of benzene rings is 1. The van der Waals surface area contributed by atoms with Crippen LogP contribution in [0.4, 0.5) is 5.69 Å². The Labute approximate surface area is 114 Å². The van der Waals surface area contributed by atoms with Crippen molar-refractivity contribution in [3.8, 4) is 0 Å². The molecule has 0 radical (unpaired) electrons. The lowest BCUT2D eigenvalue weighted by Crippen LogP contribution is -2.32. The molecule has 104 valence electrons. The number of amides is 1. The Kier molecular flexibility index (Phi) is 4.56. The minimum atomic E-state index is -0.0194. The van der Waals surface area contributed by atoms with Gasteiger partial charge < -0.3 is 15.7 Å². The molecule has 0 heterocycles. The Morgan fingerprint density at radius 3 is 2.74 bits per heavy atom. The van der Waals surface area contributed by atoms with Crippen LogP contribution in [0.15, 0.2) is 24.3 Å². The smallest absolute Gasteiger partial charge is 0.238 e. The second-order valence-corrected chi connectivity index (χ2v) is 5.44. The standard InChI is InChI=1S/C15H22N2O2/c1-12-4-2-3-5-13(12)17-14(19)10-16-11-15(6-7-15)8-9-18/h2-5,16,18H,6-11H2,1H3,(H,17,19). The maximum atomic E-state index is 11.8. The van der Waals surface area contributed by atoms with Crippen LogP contribution < -0.4 is 10.6 Å². The van der Waals surface area contributed by atoms with E-state index in [4.69, 9.17) is 5.11 Å². The summed E-state index contributed by atoms with van der Waals surface area (Å²) in [7, 11) is 0. The second kappa shape index (κ2) is 6.17. The van der Waals surface area contributed by atoms with Crippen LogP contribution in [0.3, 0.4) is 0 Å². The topological polar surface area (TPSA) is 61.4 Å². The number of hydrogen-bond donors (Lipinski definition) is 3. The Morgan fingerprint density at radius 1 is 1.37 bits per heavy atom. The van der Waals surface area contributed by atoms with Crippen molar-refractivity contribution in [3.63, 3.8) is 0 Å². The highest BCUT2D eigenvalue weighted by molar-refractivity contribution is 5.92. The summed E-state index contributed by atoms with van der Waals surface area (Å²) in [6, 6.07) is 7.75. The van der Waals surface area contributed by atoms with Gasteiger partial charge in [-0.05, 0) is 43.2 Å². The molecule has 0 aliphatic heterocycles. The first kappa shape index (κ1) is 14.0. The lowest BCUT2D eigenvalue weighted by Gasteiger charge is -2.14. The Hall–Kier alpha value is -1.39. The Morgan fingerprint density at radius 2 is 2.11 bits per heavy atom. The molecule has 4 heteroatoms. The highest BCUT2D eigenvalue weighted by Crippen LogP contribution is 2.47. The largest absolute Gasteiger partial charge is 0.396 e. The molecule has 0 spiro atoms. The van der Waals surface area contributed by atoms with E-state index in [1.54, 1.807) is 0 Å². The van der Waals surface area contributed by atoms with Crippen LogP contribution in [0.2, 0.25) is 0 Å². The summed E-state index contributed by atoms with van der Waals surface area (Å²) >= 11 is 0. The summed E-state index contributed by atoms with van der Waals surface area (Å²) in [5.41, 5.74) is 2.18. The predicted molar refractivity (Wildman–Crippen MR) is 76.0 cm³/mol. The van der Waals surface area contributed by atoms with E-state index >= 15 is 0 Å². The summed E-state index contributed by atoms with van der Waals surface area (Å²) in [5.74, 6) is -0.0194. The van der Waals surface area contributed by atoms with Gasteiger partial charge >= 0.3 is 0 Å². The van der Waals surface area contributed by atoms with Crippen LogP contribution in [0.25, 0.3) is 0 Å². The van der Waals surface area contributed by atoms with Crippen LogP contribution in [-0.2, 0) is 4.79 Å². The number of aliphatic hydroxyl groups excluding tert-OH is 1. The SMILES string of the molecule is Cc1ccccc1NC(=O)CNCC1(CCO)CC1. The van der Waals surface area contributed by atoms with Gasteiger partial charge in [0.2, 0.25) is 5.91 Å². The molecule has 1 aliphatic carbocycles. The van der Waals surface area contributed by atoms with Crippen molar-refractivity contribution in [3.05, 3.63) is 29.8 Å². The summed E-state index contributed by atoms with van der Waals surface area (Å²) in [6.45, 7) is 3.34. The number of anilines is 1.